The molecule has 6 heteroatoms. The summed E-state index contributed by atoms with van der Waals surface area (Å²) in [5.41, 5.74) is 0.420. The summed E-state index contributed by atoms with van der Waals surface area (Å²) in [7, 11) is 0. The van der Waals surface area contributed by atoms with Gasteiger partial charge in [-0.25, -0.2) is 19.2 Å². The topological polar surface area (TPSA) is 63.1 Å². The second-order valence-electron chi connectivity index (χ2n) is 3.22. The van der Waals surface area contributed by atoms with Crippen molar-refractivity contribution in [1.29, 1.82) is 0 Å². The Morgan fingerprint density at radius 1 is 1.29 bits per heavy atom. The van der Waals surface area contributed by atoms with Crippen LogP contribution in [0.25, 0.3) is 11.4 Å². The van der Waals surface area contributed by atoms with E-state index < -0.39 is 11.8 Å². The van der Waals surface area contributed by atoms with Crippen molar-refractivity contribution < 1.29 is 14.3 Å². The van der Waals surface area contributed by atoms with Gasteiger partial charge in [0.25, 0.3) is 0 Å². The van der Waals surface area contributed by atoms with Gasteiger partial charge in [-0.1, -0.05) is 11.6 Å². The zero-order valence-corrected chi connectivity index (χ0v) is 9.15. The van der Waals surface area contributed by atoms with Crippen LogP contribution in [0.15, 0.2) is 30.6 Å². The highest BCUT2D eigenvalue weighted by molar-refractivity contribution is 6.33. The molecule has 0 saturated carbocycles. The van der Waals surface area contributed by atoms with Gasteiger partial charge < -0.3 is 5.11 Å². The van der Waals surface area contributed by atoms with Crippen LogP contribution in [-0.4, -0.2) is 21.0 Å². The van der Waals surface area contributed by atoms with E-state index in [9.17, 15) is 9.18 Å². The minimum Gasteiger partial charge on any atom is -0.478 e. The van der Waals surface area contributed by atoms with Gasteiger partial charge in [0.2, 0.25) is 0 Å². The van der Waals surface area contributed by atoms with Crippen LogP contribution in [0.2, 0.25) is 5.02 Å². The Kier molecular flexibility index (Phi) is 3.01. The van der Waals surface area contributed by atoms with Crippen LogP contribution in [0.4, 0.5) is 4.39 Å². The van der Waals surface area contributed by atoms with E-state index in [0.717, 1.165) is 12.4 Å². The highest BCUT2D eigenvalue weighted by Gasteiger charge is 2.11. The number of carboxylic acid groups (broad SMARTS) is 1. The average Bonchev–Trinajstić information content (AvgIpc) is 2.30. The van der Waals surface area contributed by atoms with Crippen LogP contribution in [-0.2, 0) is 0 Å². The minimum atomic E-state index is -1.14. The maximum Gasteiger partial charge on any atom is 0.337 e. The summed E-state index contributed by atoms with van der Waals surface area (Å²) >= 11 is 5.72. The van der Waals surface area contributed by atoms with Crippen molar-refractivity contribution >= 4 is 17.6 Å². The standard InChI is InChI=1S/C11H6ClFN2O2/c12-9-2-1-6(3-8(9)11(16)17)10-14-4-7(13)5-15-10/h1-5H,(H,16,17). The van der Waals surface area contributed by atoms with Crippen molar-refractivity contribution in [3.8, 4) is 11.4 Å². The monoisotopic (exact) mass is 252 g/mol. The molecular formula is C11H6ClFN2O2. The molecule has 0 fully saturated rings. The predicted molar refractivity (Wildman–Crippen MR) is 59.4 cm³/mol. The van der Waals surface area contributed by atoms with Crippen LogP contribution < -0.4 is 0 Å². The lowest BCUT2D eigenvalue weighted by Crippen LogP contribution is -1.98. The summed E-state index contributed by atoms with van der Waals surface area (Å²) in [4.78, 5) is 18.4. The number of benzene rings is 1. The van der Waals surface area contributed by atoms with Crippen molar-refractivity contribution in [2.75, 3.05) is 0 Å². The summed E-state index contributed by atoms with van der Waals surface area (Å²) < 4.78 is 12.6. The number of carbonyl (C=O) groups is 1. The maximum atomic E-state index is 12.6. The molecule has 0 spiro atoms. The lowest BCUT2D eigenvalue weighted by molar-refractivity contribution is 0.0697. The van der Waals surface area contributed by atoms with E-state index in [1.165, 1.54) is 12.1 Å². The van der Waals surface area contributed by atoms with E-state index in [1.807, 2.05) is 0 Å². The summed E-state index contributed by atoms with van der Waals surface area (Å²) in [6.07, 6.45) is 2.02. The number of hydrogen-bond donors (Lipinski definition) is 1. The van der Waals surface area contributed by atoms with E-state index in [4.69, 9.17) is 16.7 Å². The quantitative estimate of drug-likeness (QED) is 0.892. The molecule has 0 bridgehead atoms. The Bertz CT molecular complexity index is 572. The largest absolute Gasteiger partial charge is 0.478 e. The fourth-order valence-corrected chi connectivity index (χ4v) is 1.49. The Labute approximate surface area is 101 Å². The molecule has 0 aliphatic carbocycles. The van der Waals surface area contributed by atoms with Crippen LogP contribution in [0.1, 0.15) is 10.4 Å². The molecule has 1 N–H and O–H groups in total. The molecular weight excluding hydrogens is 247 g/mol. The highest BCUT2D eigenvalue weighted by Crippen LogP contribution is 2.22. The first-order valence-electron chi connectivity index (χ1n) is 4.58. The number of hydrogen-bond acceptors (Lipinski definition) is 3. The zero-order valence-electron chi connectivity index (χ0n) is 8.39. The first-order chi connectivity index (χ1) is 8.08. The number of halogens is 2. The van der Waals surface area contributed by atoms with Gasteiger partial charge >= 0.3 is 5.97 Å². The minimum absolute atomic E-state index is 0.0444. The second kappa shape index (κ2) is 4.47. The normalized spacial score (nSPS) is 10.2. The molecule has 2 rings (SSSR count). The Morgan fingerprint density at radius 2 is 1.94 bits per heavy atom. The predicted octanol–water partition coefficient (Wildman–Crippen LogP) is 2.63. The number of aromatic carboxylic acids is 1. The number of aromatic nitrogens is 2. The molecule has 0 amide bonds. The molecule has 0 aliphatic rings. The average molecular weight is 253 g/mol. The molecule has 2 aromatic rings. The third-order valence-corrected chi connectivity index (χ3v) is 2.40. The van der Waals surface area contributed by atoms with Gasteiger partial charge in [0.1, 0.15) is 0 Å². The molecule has 1 aromatic carbocycles. The third kappa shape index (κ3) is 2.39. The van der Waals surface area contributed by atoms with Crippen LogP contribution in [0, 0.1) is 5.82 Å². The van der Waals surface area contributed by atoms with E-state index in [0.29, 0.717) is 5.56 Å². The Hall–Kier alpha value is -2.01. The van der Waals surface area contributed by atoms with Gasteiger partial charge in [-0.3, -0.25) is 0 Å². The first-order valence-corrected chi connectivity index (χ1v) is 4.96. The molecule has 1 aromatic heterocycles. The van der Waals surface area contributed by atoms with Gasteiger partial charge in [0.05, 0.1) is 23.0 Å². The summed E-state index contributed by atoms with van der Waals surface area (Å²) in [6, 6.07) is 4.35. The van der Waals surface area contributed by atoms with Gasteiger partial charge in [-0.05, 0) is 18.2 Å². The fourth-order valence-electron chi connectivity index (χ4n) is 1.29. The molecule has 0 radical (unpaired) electrons. The van der Waals surface area contributed by atoms with Gasteiger partial charge in [-0.2, -0.15) is 0 Å². The smallest absolute Gasteiger partial charge is 0.337 e. The first kappa shape index (κ1) is 11.5. The van der Waals surface area contributed by atoms with E-state index >= 15 is 0 Å². The SMILES string of the molecule is O=C(O)c1cc(-c2ncc(F)cn2)ccc1Cl. The molecule has 1 heterocycles. The van der Waals surface area contributed by atoms with Crippen molar-refractivity contribution in [2.24, 2.45) is 0 Å². The number of rotatable bonds is 2. The molecule has 0 unspecified atom stereocenters. The Balaban J connectivity index is 2.50. The molecule has 86 valence electrons. The van der Waals surface area contributed by atoms with Crippen LogP contribution >= 0.6 is 11.6 Å². The van der Waals surface area contributed by atoms with Crippen molar-refractivity contribution in [2.45, 2.75) is 0 Å². The zero-order chi connectivity index (χ0) is 12.4. The van der Waals surface area contributed by atoms with Crippen molar-refractivity contribution in [1.82, 2.24) is 9.97 Å². The maximum absolute atomic E-state index is 12.6. The lowest BCUT2D eigenvalue weighted by Gasteiger charge is -2.03. The van der Waals surface area contributed by atoms with Gasteiger partial charge in [-0.15, -0.1) is 0 Å². The number of carboxylic acids is 1. The Morgan fingerprint density at radius 3 is 2.53 bits per heavy atom. The summed E-state index contributed by atoms with van der Waals surface area (Å²) in [6.45, 7) is 0. The lowest BCUT2D eigenvalue weighted by atomic mass is 10.1. The summed E-state index contributed by atoms with van der Waals surface area (Å²) in [5, 5.41) is 9.02. The molecule has 4 nitrogen and oxygen atoms in total. The molecule has 17 heavy (non-hydrogen) atoms. The highest BCUT2D eigenvalue weighted by atomic mass is 35.5. The number of nitrogens with zero attached hydrogens (tertiary/aromatic N) is 2. The van der Waals surface area contributed by atoms with Crippen LogP contribution in [0.3, 0.4) is 0 Å². The second-order valence-corrected chi connectivity index (χ2v) is 3.63. The van der Waals surface area contributed by atoms with Gasteiger partial charge in [0.15, 0.2) is 11.6 Å². The summed E-state index contributed by atoms with van der Waals surface area (Å²) in [5.74, 6) is -1.45. The van der Waals surface area contributed by atoms with E-state index in [2.05, 4.69) is 9.97 Å². The van der Waals surface area contributed by atoms with E-state index in [1.54, 1.807) is 6.07 Å². The van der Waals surface area contributed by atoms with Gasteiger partial charge in [0, 0.05) is 5.56 Å². The van der Waals surface area contributed by atoms with Crippen molar-refractivity contribution in [3.05, 3.63) is 47.0 Å². The van der Waals surface area contributed by atoms with Crippen LogP contribution in [0.5, 0.6) is 0 Å². The molecule has 0 atom stereocenters. The van der Waals surface area contributed by atoms with E-state index in [-0.39, 0.29) is 16.4 Å². The molecule has 0 saturated heterocycles. The fraction of sp³-hybridized carbons (Fsp3) is 0. The third-order valence-electron chi connectivity index (χ3n) is 2.08. The molecule has 0 aliphatic heterocycles. The van der Waals surface area contributed by atoms with Crippen molar-refractivity contribution in [3.63, 3.8) is 0 Å².